The number of phenolic OH excluding ortho intramolecular Hbond substituents is 1. The number of aryl methyl sites for hydroxylation is 1. The van der Waals surface area contributed by atoms with Gasteiger partial charge in [0.2, 0.25) is 5.91 Å². The third-order valence-electron chi connectivity index (χ3n) is 3.19. The zero-order valence-corrected chi connectivity index (χ0v) is 11.6. The van der Waals surface area contributed by atoms with Crippen LogP contribution >= 0.6 is 0 Å². The summed E-state index contributed by atoms with van der Waals surface area (Å²) in [5, 5.41) is 11.8. The molecule has 0 saturated carbocycles. The number of nitrogens with two attached hydrogens (primary N) is 1. The predicted octanol–water partition coefficient (Wildman–Crippen LogP) is 2.35. The van der Waals surface area contributed by atoms with Crippen molar-refractivity contribution in [3.8, 4) is 5.75 Å². The van der Waals surface area contributed by atoms with Gasteiger partial charge in [0.25, 0.3) is 0 Å². The smallest absolute Gasteiger partial charge is 0.241 e. The summed E-state index contributed by atoms with van der Waals surface area (Å²) < 4.78 is 13.2. The number of rotatable bonds is 4. The molecular weight excluding hydrogens is 271 g/mol. The predicted molar refractivity (Wildman–Crippen MR) is 79.6 cm³/mol. The van der Waals surface area contributed by atoms with E-state index in [1.165, 1.54) is 24.3 Å². The molecule has 110 valence electrons. The first kappa shape index (κ1) is 15.0. The summed E-state index contributed by atoms with van der Waals surface area (Å²) in [7, 11) is 0. The first-order chi connectivity index (χ1) is 9.95. The number of amides is 1. The minimum atomic E-state index is -0.753. The number of nitrogens with one attached hydrogen (secondary N) is 1. The van der Waals surface area contributed by atoms with Crippen LogP contribution < -0.4 is 11.1 Å². The average molecular weight is 288 g/mol. The van der Waals surface area contributed by atoms with E-state index in [0.29, 0.717) is 12.1 Å². The van der Waals surface area contributed by atoms with E-state index in [2.05, 4.69) is 5.32 Å². The molecule has 0 saturated heterocycles. The highest BCUT2D eigenvalue weighted by Crippen LogP contribution is 2.17. The van der Waals surface area contributed by atoms with Crippen molar-refractivity contribution in [2.24, 2.45) is 5.73 Å². The molecule has 0 heterocycles. The summed E-state index contributed by atoms with van der Waals surface area (Å²) in [5.74, 6) is -0.632. The maximum atomic E-state index is 13.2. The molecule has 0 aliphatic heterocycles. The molecule has 4 nitrogen and oxygen atoms in total. The van der Waals surface area contributed by atoms with E-state index in [0.717, 1.165) is 11.1 Å². The Labute approximate surface area is 122 Å². The highest BCUT2D eigenvalue weighted by Gasteiger charge is 2.15. The van der Waals surface area contributed by atoms with Crippen molar-refractivity contribution in [2.45, 2.75) is 19.4 Å². The summed E-state index contributed by atoms with van der Waals surface area (Å²) >= 11 is 0. The zero-order valence-electron chi connectivity index (χ0n) is 11.6. The van der Waals surface area contributed by atoms with Crippen molar-refractivity contribution < 1.29 is 14.3 Å². The second-order valence-electron chi connectivity index (χ2n) is 4.93. The maximum Gasteiger partial charge on any atom is 0.241 e. The molecule has 21 heavy (non-hydrogen) atoms. The number of carbonyl (C=O) groups excluding carboxylic acids is 1. The normalized spacial score (nSPS) is 12.0. The first-order valence-electron chi connectivity index (χ1n) is 6.56. The summed E-state index contributed by atoms with van der Waals surface area (Å²) in [6, 6.07) is 9.93. The molecule has 0 aromatic heterocycles. The van der Waals surface area contributed by atoms with Gasteiger partial charge in [0.05, 0.1) is 6.04 Å². The standard InChI is InChI=1S/C16H17FN2O2/c1-10-2-5-12(17)9-15(10)19-16(21)14(18)8-11-3-6-13(20)7-4-11/h2-7,9,14,20H,8,18H2,1H3,(H,19,21). The van der Waals surface area contributed by atoms with E-state index >= 15 is 0 Å². The van der Waals surface area contributed by atoms with Crippen LogP contribution in [-0.2, 0) is 11.2 Å². The molecule has 0 aliphatic carbocycles. The van der Waals surface area contributed by atoms with E-state index in [9.17, 15) is 14.3 Å². The number of carbonyl (C=O) groups is 1. The highest BCUT2D eigenvalue weighted by atomic mass is 19.1. The Morgan fingerprint density at radius 2 is 1.95 bits per heavy atom. The van der Waals surface area contributed by atoms with Gasteiger partial charge >= 0.3 is 0 Å². The highest BCUT2D eigenvalue weighted by molar-refractivity contribution is 5.95. The molecule has 2 aromatic carbocycles. The van der Waals surface area contributed by atoms with Gasteiger partial charge in [-0.1, -0.05) is 18.2 Å². The van der Waals surface area contributed by atoms with Crippen molar-refractivity contribution in [3.05, 3.63) is 59.4 Å². The largest absolute Gasteiger partial charge is 0.508 e. The quantitative estimate of drug-likeness (QED) is 0.808. The lowest BCUT2D eigenvalue weighted by molar-refractivity contribution is -0.117. The molecule has 1 atom stereocenters. The Kier molecular flexibility index (Phi) is 4.55. The SMILES string of the molecule is Cc1ccc(F)cc1NC(=O)C(N)Cc1ccc(O)cc1. The monoisotopic (exact) mass is 288 g/mol. The lowest BCUT2D eigenvalue weighted by atomic mass is 10.1. The van der Waals surface area contributed by atoms with Gasteiger partial charge in [0.1, 0.15) is 11.6 Å². The van der Waals surface area contributed by atoms with Crippen molar-refractivity contribution in [1.29, 1.82) is 0 Å². The summed E-state index contributed by atoms with van der Waals surface area (Å²) in [5.41, 5.74) is 7.88. The molecule has 0 aliphatic rings. The second kappa shape index (κ2) is 6.37. The molecule has 5 heteroatoms. The first-order valence-corrected chi connectivity index (χ1v) is 6.56. The van der Waals surface area contributed by atoms with Crippen LogP contribution in [0.15, 0.2) is 42.5 Å². The van der Waals surface area contributed by atoms with Crippen LogP contribution in [0.4, 0.5) is 10.1 Å². The molecule has 2 aromatic rings. The van der Waals surface area contributed by atoms with Crippen LogP contribution in [0.1, 0.15) is 11.1 Å². The summed E-state index contributed by atoms with van der Waals surface area (Å²) in [6.45, 7) is 1.78. The minimum Gasteiger partial charge on any atom is -0.508 e. The van der Waals surface area contributed by atoms with Gasteiger partial charge in [-0.2, -0.15) is 0 Å². The Balaban J connectivity index is 2.02. The van der Waals surface area contributed by atoms with Crippen LogP contribution in [-0.4, -0.2) is 17.1 Å². The Morgan fingerprint density at radius 1 is 1.29 bits per heavy atom. The third kappa shape index (κ3) is 4.03. The number of anilines is 1. The van der Waals surface area contributed by atoms with Crippen LogP contribution in [0.2, 0.25) is 0 Å². The third-order valence-corrected chi connectivity index (χ3v) is 3.19. The lowest BCUT2D eigenvalue weighted by Gasteiger charge is -2.14. The number of phenols is 1. The van der Waals surface area contributed by atoms with E-state index < -0.39 is 11.9 Å². The van der Waals surface area contributed by atoms with E-state index in [-0.39, 0.29) is 11.7 Å². The van der Waals surface area contributed by atoms with Crippen LogP contribution in [0.3, 0.4) is 0 Å². The van der Waals surface area contributed by atoms with Crippen LogP contribution in [0.5, 0.6) is 5.75 Å². The average Bonchev–Trinajstić information content (AvgIpc) is 2.45. The van der Waals surface area contributed by atoms with Crippen molar-refractivity contribution in [2.75, 3.05) is 5.32 Å². The van der Waals surface area contributed by atoms with Crippen LogP contribution in [0.25, 0.3) is 0 Å². The topological polar surface area (TPSA) is 75.4 Å². The Bertz CT molecular complexity index is 641. The molecule has 2 rings (SSSR count). The van der Waals surface area contributed by atoms with E-state index in [1.807, 2.05) is 0 Å². The molecule has 0 bridgehead atoms. The molecule has 1 unspecified atom stereocenters. The number of benzene rings is 2. The van der Waals surface area contributed by atoms with Gasteiger partial charge in [-0.15, -0.1) is 0 Å². The minimum absolute atomic E-state index is 0.159. The van der Waals surface area contributed by atoms with Gasteiger partial charge in [0, 0.05) is 5.69 Å². The number of aromatic hydroxyl groups is 1. The van der Waals surface area contributed by atoms with Crippen molar-refractivity contribution in [1.82, 2.24) is 0 Å². The summed E-state index contributed by atoms with van der Waals surface area (Å²) in [6.07, 6.45) is 0.334. The second-order valence-corrected chi connectivity index (χ2v) is 4.93. The maximum absolute atomic E-state index is 13.2. The zero-order chi connectivity index (χ0) is 15.4. The molecule has 0 radical (unpaired) electrons. The lowest BCUT2D eigenvalue weighted by Crippen LogP contribution is -2.37. The Morgan fingerprint density at radius 3 is 2.62 bits per heavy atom. The van der Waals surface area contributed by atoms with Crippen molar-refractivity contribution >= 4 is 11.6 Å². The fraction of sp³-hybridized carbons (Fsp3) is 0.188. The fourth-order valence-corrected chi connectivity index (χ4v) is 1.93. The number of hydrogen-bond donors (Lipinski definition) is 3. The Hall–Kier alpha value is -2.40. The van der Waals surface area contributed by atoms with Gasteiger partial charge < -0.3 is 16.2 Å². The van der Waals surface area contributed by atoms with Gasteiger partial charge in [-0.05, 0) is 48.7 Å². The molecule has 1 amide bonds. The van der Waals surface area contributed by atoms with E-state index in [1.54, 1.807) is 25.1 Å². The number of halogens is 1. The molecule has 0 fully saturated rings. The van der Waals surface area contributed by atoms with E-state index in [4.69, 9.17) is 5.73 Å². The molecule has 0 spiro atoms. The van der Waals surface area contributed by atoms with Gasteiger partial charge in [0.15, 0.2) is 0 Å². The van der Waals surface area contributed by atoms with Crippen molar-refractivity contribution in [3.63, 3.8) is 0 Å². The van der Waals surface area contributed by atoms with Crippen LogP contribution in [0, 0.1) is 12.7 Å². The fourth-order valence-electron chi connectivity index (χ4n) is 1.93. The molecule has 4 N–H and O–H groups in total. The van der Waals surface area contributed by atoms with Gasteiger partial charge in [-0.3, -0.25) is 4.79 Å². The molecular formula is C16H17FN2O2. The van der Waals surface area contributed by atoms with Gasteiger partial charge in [-0.25, -0.2) is 4.39 Å². The summed E-state index contributed by atoms with van der Waals surface area (Å²) in [4.78, 5) is 12.0. The number of hydrogen-bond acceptors (Lipinski definition) is 3.